The van der Waals surface area contributed by atoms with Crippen LogP contribution in [0.3, 0.4) is 0 Å². The maximum absolute atomic E-state index is 10.3. The number of hydrogen-bond donors (Lipinski definition) is 8. The molecule has 0 radical (unpaired) electrons. The minimum absolute atomic E-state index is 0.330. The first-order valence-corrected chi connectivity index (χ1v) is 27.7. The molecule has 49 heavy (non-hydrogen) atoms. The van der Waals surface area contributed by atoms with Crippen molar-refractivity contribution in [1.82, 2.24) is 31.1 Å². The van der Waals surface area contributed by atoms with Gasteiger partial charge in [-0.05, 0) is 78.3 Å². The van der Waals surface area contributed by atoms with Crippen molar-refractivity contribution in [3.8, 4) is 0 Å². The van der Waals surface area contributed by atoms with Crippen LogP contribution in [0.5, 0.6) is 0 Å². The topological polar surface area (TPSA) is 184 Å². The third-order valence-electron chi connectivity index (χ3n) is 8.02. The molecule has 0 aromatic carbocycles. The molecule has 2 atom stereocenters. The van der Waals surface area contributed by atoms with E-state index in [4.69, 9.17) is 29.2 Å². The van der Waals surface area contributed by atoms with Crippen molar-refractivity contribution in [2.45, 2.75) is 76.4 Å². The van der Waals surface area contributed by atoms with Gasteiger partial charge in [-0.2, -0.15) is 0 Å². The molecule has 0 bridgehead atoms. The van der Waals surface area contributed by atoms with Crippen LogP contribution in [0, 0.1) is 0 Å². The SMILES string of the molecule is CNCCN(CCN)CCNCC(O)COCCC[Si](C)(C)O[Si](C)(C)O[Si](C)(C)CCCOCC(O)CNCCN(CCN)CCNC. The van der Waals surface area contributed by atoms with E-state index in [-0.39, 0.29) is 0 Å². The summed E-state index contributed by atoms with van der Waals surface area (Å²) in [6.07, 6.45) is 0.768. The summed E-state index contributed by atoms with van der Waals surface area (Å²) in [6, 6.07) is 1.97. The van der Waals surface area contributed by atoms with Gasteiger partial charge in [0.25, 0.3) is 0 Å². The van der Waals surface area contributed by atoms with Gasteiger partial charge >= 0.3 is 8.56 Å². The molecule has 17 heteroatoms. The highest BCUT2D eigenvalue weighted by atomic mass is 28.5. The Morgan fingerprint density at radius 2 is 0.959 bits per heavy atom. The second-order valence-corrected chi connectivity index (χ2v) is 27.1. The van der Waals surface area contributed by atoms with Crippen molar-refractivity contribution in [3.05, 3.63) is 0 Å². The van der Waals surface area contributed by atoms with E-state index in [9.17, 15) is 10.2 Å². The van der Waals surface area contributed by atoms with Crippen molar-refractivity contribution in [1.29, 1.82) is 0 Å². The zero-order valence-corrected chi connectivity index (χ0v) is 35.8. The fourth-order valence-electron chi connectivity index (χ4n) is 5.80. The molecule has 0 saturated heterocycles. The summed E-state index contributed by atoms with van der Waals surface area (Å²) in [7, 11) is -2.28. The molecule has 0 aliphatic carbocycles. The van der Waals surface area contributed by atoms with E-state index in [0.29, 0.717) is 52.6 Å². The molecule has 0 heterocycles. The minimum atomic E-state index is -2.31. The number of rotatable bonds is 36. The average Bonchev–Trinajstić information content (AvgIpc) is 3.01. The second kappa shape index (κ2) is 29.5. The molecule has 0 spiro atoms. The fraction of sp³-hybridized carbons (Fsp3) is 1.00. The highest BCUT2D eigenvalue weighted by Crippen LogP contribution is 2.26. The van der Waals surface area contributed by atoms with Gasteiger partial charge in [-0.3, -0.25) is 9.80 Å². The highest BCUT2D eigenvalue weighted by Gasteiger charge is 2.39. The average molecular weight is 757 g/mol. The van der Waals surface area contributed by atoms with Crippen LogP contribution in [0.15, 0.2) is 0 Å². The Hall–Kier alpha value is 0.0906. The fourth-order valence-corrected chi connectivity index (χ4v) is 19.8. The molecule has 0 saturated carbocycles. The van der Waals surface area contributed by atoms with E-state index >= 15 is 0 Å². The van der Waals surface area contributed by atoms with Gasteiger partial charge in [0.2, 0.25) is 0 Å². The second-order valence-electron chi connectivity index (χ2n) is 14.7. The van der Waals surface area contributed by atoms with E-state index in [1.165, 1.54) is 0 Å². The summed E-state index contributed by atoms with van der Waals surface area (Å²) in [4.78, 5) is 4.63. The van der Waals surface area contributed by atoms with Gasteiger partial charge in [0.05, 0.1) is 25.4 Å². The third kappa shape index (κ3) is 30.3. The summed E-state index contributed by atoms with van der Waals surface area (Å²) in [5, 5.41) is 33.6. The smallest absolute Gasteiger partial charge is 0.311 e. The molecule has 0 aliphatic rings. The number of likely N-dealkylation sites (N-methyl/N-ethyl adjacent to an activating group) is 2. The Morgan fingerprint density at radius 3 is 1.31 bits per heavy atom. The minimum Gasteiger partial charge on any atom is -0.437 e. The summed E-state index contributed by atoms with van der Waals surface area (Å²) in [6.45, 7) is 26.6. The number of aliphatic hydroxyl groups is 2. The Morgan fingerprint density at radius 1 is 0.592 bits per heavy atom. The van der Waals surface area contributed by atoms with Gasteiger partial charge in [0.1, 0.15) is 0 Å². The molecule has 2 unspecified atom stereocenters. The lowest BCUT2D eigenvalue weighted by Crippen LogP contribution is -2.52. The lowest BCUT2D eigenvalue weighted by atomic mass is 10.3. The van der Waals surface area contributed by atoms with Crippen molar-refractivity contribution in [3.63, 3.8) is 0 Å². The normalized spacial score (nSPS) is 14.3. The van der Waals surface area contributed by atoms with E-state index < -0.39 is 37.4 Å². The molecule has 0 rings (SSSR count). The third-order valence-corrected chi connectivity index (χ3v) is 19.5. The van der Waals surface area contributed by atoms with Crippen molar-refractivity contribution < 1.29 is 27.9 Å². The monoisotopic (exact) mass is 757 g/mol. The maximum Gasteiger partial charge on any atom is 0.311 e. The van der Waals surface area contributed by atoms with Crippen LogP contribution in [-0.4, -0.2) is 190 Å². The Kier molecular flexibility index (Phi) is 29.6. The summed E-state index contributed by atoms with van der Waals surface area (Å²) in [5.74, 6) is 0. The number of hydrogen-bond acceptors (Lipinski definition) is 14. The van der Waals surface area contributed by atoms with Gasteiger partial charge in [-0.15, -0.1) is 0 Å². The number of nitrogens with two attached hydrogens (primary N) is 2. The first-order valence-electron chi connectivity index (χ1n) is 18.7. The largest absolute Gasteiger partial charge is 0.437 e. The Labute approximate surface area is 303 Å². The van der Waals surface area contributed by atoms with Gasteiger partial charge in [0.15, 0.2) is 16.6 Å². The van der Waals surface area contributed by atoms with E-state index in [1.807, 2.05) is 14.1 Å². The molecule has 0 aromatic rings. The molecular weight excluding hydrogens is 677 g/mol. The lowest BCUT2D eigenvalue weighted by Gasteiger charge is -2.38. The number of nitrogens with zero attached hydrogens (tertiary/aromatic N) is 2. The Bertz CT molecular complexity index is 710. The van der Waals surface area contributed by atoms with Crippen LogP contribution in [0.2, 0.25) is 51.4 Å². The van der Waals surface area contributed by atoms with Gasteiger partial charge in [-0.25, -0.2) is 0 Å². The zero-order valence-electron chi connectivity index (χ0n) is 32.8. The van der Waals surface area contributed by atoms with Crippen molar-refractivity contribution in [2.24, 2.45) is 11.5 Å². The first kappa shape index (κ1) is 49.1. The van der Waals surface area contributed by atoms with Crippen molar-refractivity contribution >= 4 is 25.2 Å². The van der Waals surface area contributed by atoms with E-state index in [2.05, 4.69) is 70.3 Å². The first-order chi connectivity index (χ1) is 23.2. The predicted molar refractivity (Wildman–Crippen MR) is 212 cm³/mol. The number of aliphatic hydroxyl groups excluding tert-OH is 2. The molecule has 0 aliphatic heterocycles. The lowest BCUT2D eigenvalue weighted by molar-refractivity contribution is 0.0369. The summed E-state index contributed by atoms with van der Waals surface area (Å²) < 4.78 is 25.1. The molecular formula is C32H80N8O6Si3. The molecule has 0 fully saturated rings. The highest BCUT2D eigenvalue weighted by molar-refractivity contribution is 6.87. The molecule has 296 valence electrons. The predicted octanol–water partition coefficient (Wildman–Crippen LogP) is -0.194. The van der Waals surface area contributed by atoms with Crippen LogP contribution < -0.4 is 32.7 Å². The van der Waals surface area contributed by atoms with Gasteiger partial charge in [-0.1, -0.05) is 0 Å². The zero-order chi connectivity index (χ0) is 37.0. The molecule has 10 N–H and O–H groups in total. The molecule has 14 nitrogen and oxygen atoms in total. The summed E-state index contributed by atoms with van der Waals surface area (Å²) in [5.41, 5.74) is 11.4. The van der Waals surface area contributed by atoms with E-state index in [1.54, 1.807) is 0 Å². The van der Waals surface area contributed by atoms with Crippen molar-refractivity contribution in [2.75, 3.05) is 132 Å². The Balaban J connectivity index is 4.16. The van der Waals surface area contributed by atoms with Crippen LogP contribution >= 0.6 is 0 Å². The van der Waals surface area contributed by atoms with Crippen LogP contribution in [-0.2, 0) is 17.7 Å². The maximum atomic E-state index is 10.3. The van der Waals surface area contributed by atoms with Gasteiger partial charge in [0, 0.05) is 105 Å². The molecule has 0 amide bonds. The number of ether oxygens (including phenoxy) is 2. The van der Waals surface area contributed by atoms with Crippen LogP contribution in [0.1, 0.15) is 12.8 Å². The number of nitrogens with one attached hydrogen (secondary N) is 4. The summed E-state index contributed by atoms with van der Waals surface area (Å²) >= 11 is 0. The quantitative estimate of drug-likeness (QED) is 0.0311. The van der Waals surface area contributed by atoms with Gasteiger partial charge < -0.3 is 60.7 Å². The standard InChI is InChI=1S/C32H80N8O6Si3/c1-35-13-19-39(17-11-33)21-15-37-27-31(41)29-43-23-9-25-47(3,4)45-49(7,8)46-48(5,6)26-10-24-44-30-32(42)28-38-16-22-40(18-12-34)20-14-36-2/h31-32,35-38,41-42H,9-30,33-34H2,1-8H3. The molecule has 0 aromatic heterocycles. The van der Waals surface area contributed by atoms with Crippen LogP contribution in [0.4, 0.5) is 0 Å². The van der Waals surface area contributed by atoms with Crippen LogP contribution in [0.25, 0.3) is 0 Å². The van der Waals surface area contributed by atoms with E-state index in [0.717, 1.165) is 90.4 Å².